The molecule has 1 fully saturated rings. The third-order valence-electron chi connectivity index (χ3n) is 5.82. The number of carboxylic acid groups (broad SMARTS) is 1. The Bertz CT molecular complexity index is 1350. The van der Waals surface area contributed by atoms with Crippen molar-refractivity contribution in [1.29, 1.82) is 0 Å². The molecule has 1 saturated heterocycles. The first-order chi connectivity index (χ1) is 18.0. The summed E-state index contributed by atoms with van der Waals surface area (Å²) >= 11 is -2.59. The van der Waals surface area contributed by atoms with Gasteiger partial charge in [-0.3, -0.25) is 23.8 Å². The van der Waals surface area contributed by atoms with Crippen LogP contribution in [-0.2, 0) is 35.3 Å². The third-order valence-corrected chi connectivity index (χ3v) is 6.15. The molecule has 4 amide bonds. The summed E-state index contributed by atoms with van der Waals surface area (Å²) in [4.78, 5) is 63.5. The number of amides is 4. The van der Waals surface area contributed by atoms with E-state index < -0.39 is 53.3 Å². The lowest BCUT2D eigenvalue weighted by atomic mass is 9.97. The number of carbonyl (C=O) groups excluding carboxylic acids is 5. The van der Waals surface area contributed by atoms with Crippen molar-refractivity contribution in [3.63, 3.8) is 0 Å². The van der Waals surface area contributed by atoms with Gasteiger partial charge in [0.25, 0.3) is 11.8 Å². The van der Waals surface area contributed by atoms with E-state index in [4.69, 9.17) is 18.3 Å². The van der Waals surface area contributed by atoms with Crippen LogP contribution in [0, 0.1) is 0 Å². The lowest BCUT2D eigenvalue weighted by Crippen LogP contribution is -2.47. The van der Waals surface area contributed by atoms with Gasteiger partial charge >= 0.3 is 17.5 Å². The van der Waals surface area contributed by atoms with Crippen LogP contribution >= 0.6 is 0 Å². The fourth-order valence-electron chi connectivity index (χ4n) is 4.13. The van der Waals surface area contributed by atoms with Crippen molar-refractivity contribution < 1.29 is 51.6 Å². The number of hydrogen-bond donors (Lipinski definition) is 3. The van der Waals surface area contributed by atoms with Crippen LogP contribution < -0.4 is 19.9 Å². The zero-order chi connectivity index (χ0) is 27.6. The second-order valence-electron chi connectivity index (χ2n) is 8.28. The maximum Gasteiger partial charge on any atom is 0.533 e. The molecule has 1 aliphatic heterocycles. The topological polar surface area (TPSA) is 201 Å². The molecular formula is C23H20N3O11S-. The Morgan fingerprint density at radius 3 is 2.37 bits per heavy atom. The Morgan fingerprint density at radius 1 is 1.11 bits per heavy atom. The summed E-state index contributed by atoms with van der Waals surface area (Å²) in [6, 6.07) is 8.36. The highest BCUT2D eigenvalue weighted by atomic mass is 32.2. The molecule has 0 radical (unpaired) electrons. The van der Waals surface area contributed by atoms with Crippen LogP contribution in [0.4, 0.5) is 15.3 Å². The molecule has 2 aromatic carbocycles. The molecule has 1 heterocycles. The Hall–Kier alpha value is -4.50. The summed E-state index contributed by atoms with van der Waals surface area (Å²) in [5.74, 6) is -2.62. The van der Waals surface area contributed by atoms with Gasteiger partial charge < -0.3 is 29.5 Å². The Kier molecular flexibility index (Phi) is 7.59. The first kappa shape index (κ1) is 26.6. The lowest BCUT2D eigenvalue weighted by Gasteiger charge is -2.18. The Balaban J connectivity index is 1.58. The van der Waals surface area contributed by atoms with Crippen LogP contribution in [0.1, 0.15) is 36.8 Å². The molecule has 2 aromatic rings. The molecule has 200 valence electrons. The van der Waals surface area contributed by atoms with Crippen LogP contribution in [0.3, 0.4) is 0 Å². The molecule has 38 heavy (non-hydrogen) atoms. The van der Waals surface area contributed by atoms with Crippen LogP contribution in [0.2, 0.25) is 0 Å². The molecule has 0 aromatic heterocycles. The van der Waals surface area contributed by atoms with Crippen molar-refractivity contribution >= 4 is 47.0 Å². The monoisotopic (exact) mass is 546 g/mol. The molecule has 0 bridgehead atoms. The first-order valence-corrected chi connectivity index (χ1v) is 12.1. The average molecular weight is 546 g/mol. The van der Waals surface area contributed by atoms with E-state index in [-0.39, 0.29) is 25.2 Å². The molecule has 0 saturated carbocycles. The summed E-state index contributed by atoms with van der Waals surface area (Å²) in [6.07, 6.45) is -3.08. The van der Waals surface area contributed by atoms with E-state index in [9.17, 15) is 33.3 Å². The second kappa shape index (κ2) is 10.9. The average Bonchev–Trinajstić information content (AvgIpc) is 3.32. The number of carbonyl (C=O) groups is 5. The number of nitrogens with one attached hydrogen (secondary N) is 2. The number of rotatable bonds is 8. The zero-order valence-electron chi connectivity index (χ0n) is 19.6. The standard InChI is InChI=1S/C23H21N3O11S/c1-11(24-22(30)31)21(29)25-12-2-4-14-15-5-3-13(37-38(33)34)9-17(15)18(16(14)8-12)10-35-23(32)36-26-19(27)6-7-20(26)28/h2-5,8-9,11,18,24H,6-7,10H2,1H3,(H,25,29)(H,30,31)(H,33,34)/p-1. The minimum Gasteiger partial charge on any atom is -0.530 e. The predicted molar refractivity (Wildman–Crippen MR) is 125 cm³/mol. The number of ether oxygens (including phenoxy) is 1. The summed E-state index contributed by atoms with van der Waals surface area (Å²) in [5, 5.41) is 15.6. The quantitative estimate of drug-likeness (QED) is 0.240. The summed E-state index contributed by atoms with van der Waals surface area (Å²) in [7, 11) is 0. The normalized spacial score (nSPS) is 17.2. The fourth-order valence-corrected chi connectivity index (χ4v) is 4.40. The number of hydroxylamine groups is 2. The molecule has 0 spiro atoms. The van der Waals surface area contributed by atoms with Crippen LogP contribution in [-0.4, -0.2) is 56.4 Å². The molecule has 3 N–H and O–H groups in total. The highest BCUT2D eigenvalue weighted by Gasteiger charge is 2.35. The van der Waals surface area contributed by atoms with E-state index in [1.165, 1.54) is 19.1 Å². The maximum absolute atomic E-state index is 12.3. The molecule has 1 aliphatic carbocycles. The second-order valence-corrected chi connectivity index (χ2v) is 8.88. The number of imide groups is 1. The van der Waals surface area contributed by atoms with E-state index in [2.05, 4.69) is 5.32 Å². The van der Waals surface area contributed by atoms with Gasteiger partial charge in [-0.25, -0.2) is 4.79 Å². The minimum absolute atomic E-state index is 0.0638. The predicted octanol–water partition coefficient (Wildman–Crippen LogP) is 0.791. The van der Waals surface area contributed by atoms with E-state index >= 15 is 0 Å². The van der Waals surface area contributed by atoms with Gasteiger partial charge in [0, 0.05) is 24.4 Å². The van der Waals surface area contributed by atoms with Gasteiger partial charge in [-0.1, -0.05) is 17.2 Å². The van der Waals surface area contributed by atoms with E-state index in [0.717, 1.165) is 0 Å². The van der Waals surface area contributed by atoms with Crippen molar-refractivity contribution in [3.8, 4) is 16.9 Å². The summed E-state index contributed by atoms with van der Waals surface area (Å²) in [5.41, 5.74) is 2.83. The van der Waals surface area contributed by atoms with Gasteiger partial charge in [-0.15, -0.1) is 0 Å². The molecule has 14 nitrogen and oxygen atoms in total. The van der Waals surface area contributed by atoms with E-state index in [0.29, 0.717) is 33.0 Å². The van der Waals surface area contributed by atoms with Gasteiger partial charge in [0.05, 0.1) is 0 Å². The zero-order valence-corrected chi connectivity index (χ0v) is 20.4. The van der Waals surface area contributed by atoms with Crippen molar-refractivity contribution in [3.05, 3.63) is 47.5 Å². The molecule has 3 unspecified atom stereocenters. The van der Waals surface area contributed by atoms with Gasteiger partial charge in [0.2, 0.25) is 5.91 Å². The van der Waals surface area contributed by atoms with Crippen LogP contribution in [0.5, 0.6) is 5.75 Å². The largest absolute Gasteiger partial charge is 0.533 e. The van der Waals surface area contributed by atoms with E-state index in [1.54, 1.807) is 24.3 Å². The SMILES string of the molecule is CC(NC(=O)[O-])C(=O)Nc1ccc2c(c1)C(COC(=O)ON1C(=O)CCC1=O)c1cc(OS(=O)O)ccc1-2. The smallest absolute Gasteiger partial charge is 0.530 e. The van der Waals surface area contributed by atoms with Gasteiger partial charge in [0.15, 0.2) is 0 Å². The number of benzene rings is 2. The molecule has 3 atom stereocenters. The number of nitrogens with zero attached hydrogens (tertiary/aromatic N) is 1. The number of fused-ring (bicyclic) bond motifs is 3. The lowest BCUT2D eigenvalue weighted by molar-refractivity contribution is -0.251. The minimum atomic E-state index is -2.59. The maximum atomic E-state index is 12.3. The van der Waals surface area contributed by atoms with E-state index in [1.807, 2.05) is 5.32 Å². The summed E-state index contributed by atoms with van der Waals surface area (Å²) < 4.78 is 30.3. The highest BCUT2D eigenvalue weighted by molar-refractivity contribution is 7.74. The Morgan fingerprint density at radius 2 is 1.74 bits per heavy atom. The number of hydrogen-bond acceptors (Lipinski definition) is 10. The molecular weight excluding hydrogens is 526 g/mol. The highest BCUT2D eigenvalue weighted by Crippen LogP contribution is 2.47. The molecule has 2 aliphatic rings. The van der Waals surface area contributed by atoms with Gasteiger partial charge in [-0.05, 0) is 53.4 Å². The number of anilines is 1. The van der Waals surface area contributed by atoms with Crippen LogP contribution in [0.15, 0.2) is 36.4 Å². The Labute approximate surface area is 217 Å². The van der Waals surface area contributed by atoms with Gasteiger partial charge in [-0.2, -0.15) is 4.21 Å². The summed E-state index contributed by atoms with van der Waals surface area (Å²) in [6.45, 7) is 1.000. The molecule has 15 heteroatoms. The van der Waals surface area contributed by atoms with Crippen molar-refractivity contribution in [1.82, 2.24) is 10.4 Å². The third kappa shape index (κ3) is 5.73. The van der Waals surface area contributed by atoms with Gasteiger partial charge in [0.1, 0.15) is 24.5 Å². The van der Waals surface area contributed by atoms with Crippen molar-refractivity contribution in [2.45, 2.75) is 31.7 Å². The fraction of sp³-hybridized carbons (Fsp3) is 0.261. The van der Waals surface area contributed by atoms with Crippen molar-refractivity contribution in [2.24, 2.45) is 0 Å². The first-order valence-electron chi connectivity index (χ1n) is 11.1. The van der Waals surface area contributed by atoms with Crippen LogP contribution in [0.25, 0.3) is 11.1 Å². The molecule has 4 rings (SSSR count). The van der Waals surface area contributed by atoms with Crippen molar-refractivity contribution in [2.75, 3.05) is 11.9 Å².